The van der Waals surface area contributed by atoms with Crippen molar-refractivity contribution in [2.24, 2.45) is 0 Å². The maximum atomic E-state index is 14.6. The van der Waals surface area contributed by atoms with Crippen LogP contribution in [0.3, 0.4) is 0 Å². The molecule has 158 valence electrons. The van der Waals surface area contributed by atoms with E-state index in [9.17, 15) is 4.39 Å². The molecule has 0 saturated carbocycles. The minimum absolute atomic E-state index is 0.298. The Morgan fingerprint density at radius 3 is 2.57 bits per heavy atom. The predicted octanol–water partition coefficient (Wildman–Crippen LogP) is 3.24. The summed E-state index contributed by atoms with van der Waals surface area (Å²) in [5.74, 6) is 1.89. The number of hydrogen-bond donors (Lipinski definition) is 0. The molecule has 8 heteroatoms. The third-order valence-corrected chi connectivity index (χ3v) is 5.14. The number of halogens is 1. The number of aromatic nitrogens is 2. The zero-order valence-corrected chi connectivity index (χ0v) is 17.0. The summed E-state index contributed by atoms with van der Waals surface area (Å²) in [7, 11) is 3.19. The lowest BCUT2D eigenvalue weighted by molar-refractivity contribution is 0.0174. The lowest BCUT2D eigenvalue weighted by Gasteiger charge is -2.32. The third-order valence-electron chi connectivity index (χ3n) is 5.14. The minimum Gasteiger partial charge on any atom is -0.493 e. The van der Waals surface area contributed by atoms with Crippen molar-refractivity contribution in [1.82, 2.24) is 15.0 Å². The lowest BCUT2D eigenvalue weighted by atomic mass is 10.0. The van der Waals surface area contributed by atoms with Crippen LogP contribution in [0.1, 0.15) is 28.9 Å². The molecule has 7 nitrogen and oxygen atoms in total. The monoisotopic (exact) mass is 413 g/mol. The molecule has 0 bridgehead atoms. The topological polar surface area (TPSA) is 69.9 Å². The van der Waals surface area contributed by atoms with Gasteiger partial charge in [-0.2, -0.15) is 4.98 Å². The fourth-order valence-electron chi connectivity index (χ4n) is 3.64. The number of ether oxygens (including phenoxy) is 3. The van der Waals surface area contributed by atoms with Crippen LogP contribution in [-0.2, 0) is 11.2 Å². The van der Waals surface area contributed by atoms with Gasteiger partial charge in [-0.05, 0) is 23.8 Å². The Morgan fingerprint density at radius 2 is 1.83 bits per heavy atom. The van der Waals surface area contributed by atoms with Gasteiger partial charge in [0.2, 0.25) is 5.89 Å². The first-order valence-corrected chi connectivity index (χ1v) is 9.79. The molecule has 0 aliphatic carbocycles. The molecule has 1 aromatic heterocycles. The molecule has 1 aliphatic rings. The van der Waals surface area contributed by atoms with Gasteiger partial charge in [-0.3, -0.25) is 4.90 Å². The minimum atomic E-state index is -0.457. The molecule has 3 aromatic rings. The van der Waals surface area contributed by atoms with Crippen molar-refractivity contribution in [1.29, 1.82) is 0 Å². The second-order valence-corrected chi connectivity index (χ2v) is 6.99. The van der Waals surface area contributed by atoms with Crippen molar-refractivity contribution < 1.29 is 23.1 Å². The van der Waals surface area contributed by atoms with Crippen LogP contribution >= 0.6 is 0 Å². The number of methoxy groups -OCH3 is 2. The Balaban J connectivity index is 1.62. The number of nitrogens with zero attached hydrogens (tertiary/aromatic N) is 3. The van der Waals surface area contributed by atoms with Crippen LogP contribution in [0.5, 0.6) is 11.5 Å². The summed E-state index contributed by atoms with van der Waals surface area (Å²) in [6.45, 7) is 2.48. The normalized spacial score (nSPS) is 15.7. The molecule has 1 saturated heterocycles. The van der Waals surface area contributed by atoms with Crippen LogP contribution < -0.4 is 9.47 Å². The summed E-state index contributed by atoms with van der Waals surface area (Å²) in [4.78, 5) is 6.70. The molecule has 0 amide bonds. The Morgan fingerprint density at radius 1 is 1.07 bits per heavy atom. The zero-order valence-electron chi connectivity index (χ0n) is 17.0. The summed E-state index contributed by atoms with van der Waals surface area (Å²) in [5, 5.41) is 4.14. The highest BCUT2D eigenvalue weighted by Gasteiger charge is 2.31. The summed E-state index contributed by atoms with van der Waals surface area (Å²) in [5.41, 5.74) is 1.47. The number of hydrogen-bond acceptors (Lipinski definition) is 7. The van der Waals surface area contributed by atoms with E-state index in [-0.39, 0.29) is 5.82 Å². The van der Waals surface area contributed by atoms with E-state index in [4.69, 9.17) is 18.7 Å². The van der Waals surface area contributed by atoms with Gasteiger partial charge in [0, 0.05) is 25.1 Å². The SMILES string of the molecule is COc1ccc(Cc2noc(C(c3ccccc3F)N3CCOCC3)n2)cc1OC. The highest BCUT2D eigenvalue weighted by atomic mass is 19.1. The van der Waals surface area contributed by atoms with Gasteiger partial charge in [-0.25, -0.2) is 4.39 Å². The van der Waals surface area contributed by atoms with E-state index >= 15 is 0 Å². The van der Waals surface area contributed by atoms with Crippen LogP contribution in [-0.4, -0.2) is 55.6 Å². The maximum Gasteiger partial charge on any atom is 0.248 e. The molecule has 2 heterocycles. The van der Waals surface area contributed by atoms with Crippen molar-refractivity contribution in [2.75, 3.05) is 40.5 Å². The van der Waals surface area contributed by atoms with Crippen molar-refractivity contribution in [3.05, 3.63) is 71.1 Å². The quantitative estimate of drug-likeness (QED) is 0.589. The van der Waals surface area contributed by atoms with E-state index < -0.39 is 6.04 Å². The van der Waals surface area contributed by atoms with Gasteiger partial charge in [-0.1, -0.05) is 29.4 Å². The van der Waals surface area contributed by atoms with E-state index in [2.05, 4.69) is 15.0 Å². The molecule has 0 N–H and O–H groups in total. The number of rotatable bonds is 7. The summed E-state index contributed by atoms with van der Waals surface area (Å²) >= 11 is 0. The van der Waals surface area contributed by atoms with E-state index in [1.807, 2.05) is 24.3 Å². The first-order valence-electron chi connectivity index (χ1n) is 9.79. The van der Waals surface area contributed by atoms with E-state index in [0.29, 0.717) is 61.5 Å². The zero-order chi connectivity index (χ0) is 20.9. The van der Waals surface area contributed by atoms with Crippen LogP contribution in [0.4, 0.5) is 4.39 Å². The lowest BCUT2D eigenvalue weighted by Crippen LogP contribution is -2.40. The van der Waals surface area contributed by atoms with Crippen molar-refractivity contribution in [3.8, 4) is 11.5 Å². The summed E-state index contributed by atoms with van der Waals surface area (Å²) in [6, 6.07) is 11.9. The molecular weight excluding hydrogens is 389 g/mol. The molecule has 1 atom stereocenters. The van der Waals surface area contributed by atoms with Gasteiger partial charge in [0.25, 0.3) is 0 Å². The van der Waals surface area contributed by atoms with Crippen LogP contribution in [0.2, 0.25) is 0 Å². The van der Waals surface area contributed by atoms with Gasteiger partial charge in [0.05, 0.1) is 27.4 Å². The van der Waals surface area contributed by atoms with Crippen LogP contribution in [0.25, 0.3) is 0 Å². The highest BCUT2D eigenvalue weighted by Crippen LogP contribution is 2.31. The second-order valence-electron chi connectivity index (χ2n) is 6.99. The standard InChI is InChI=1S/C22H24FN3O4/c1-27-18-8-7-15(13-19(18)28-2)14-20-24-22(30-25-20)21(26-9-11-29-12-10-26)16-5-3-4-6-17(16)23/h3-8,13,21H,9-12,14H2,1-2H3. The molecule has 2 aromatic carbocycles. The molecule has 30 heavy (non-hydrogen) atoms. The number of benzene rings is 2. The maximum absolute atomic E-state index is 14.6. The Bertz CT molecular complexity index is 988. The Hall–Kier alpha value is -2.97. The first-order chi connectivity index (χ1) is 14.7. The fraction of sp³-hybridized carbons (Fsp3) is 0.364. The third kappa shape index (κ3) is 4.29. The predicted molar refractivity (Wildman–Crippen MR) is 107 cm³/mol. The van der Waals surface area contributed by atoms with Gasteiger partial charge in [-0.15, -0.1) is 0 Å². The second kappa shape index (κ2) is 9.23. The highest BCUT2D eigenvalue weighted by molar-refractivity contribution is 5.43. The van der Waals surface area contributed by atoms with Gasteiger partial charge in [0.1, 0.15) is 11.9 Å². The molecule has 4 rings (SSSR count). The Kier molecular flexibility index (Phi) is 6.25. The van der Waals surface area contributed by atoms with Crippen LogP contribution in [0, 0.1) is 5.82 Å². The molecular formula is C22H24FN3O4. The smallest absolute Gasteiger partial charge is 0.248 e. The van der Waals surface area contributed by atoms with Crippen molar-refractivity contribution >= 4 is 0 Å². The Labute approximate surface area is 174 Å². The molecule has 0 spiro atoms. The largest absolute Gasteiger partial charge is 0.493 e. The fourth-order valence-corrected chi connectivity index (χ4v) is 3.64. The summed E-state index contributed by atoms with van der Waals surface area (Å²) < 4.78 is 36.3. The van der Waals surface area contributed by atoms with E-state index in [1.165, 1.54) is 6.07 Å². The van der Waals surface area contributed by atoms with Crippen molar-refractivity contribution in [2.45, 2.75) is 12.5 Å². The van der Waals surface area contributed by atoms with Crippen LogP contribution in [0.15, 0.2) is 47.0 Å². The summed E-state index contributed by atoms with van der Waals surface area (Å²) in [6.07, 6.45) is 0.455. The van der Waals surface area contributed by atoms with Gasteiger partial charge >= 0.3 is 0 Å². The first kappa shape index (κ1) is 20.3. The van der Waals surface area contributed by atoms with E-state index in [1.54, 1.807) is 26.4 Å². The van der Waals surface area contributed by atoms with Gasteiger partial charge in [0.15, 0.2) is 17.3 Å². The average molecular weight is 413 g/mol. The molecule has 0 radical (unpaired) electrons. The average Bonchev–Trinajstić information content (AvgIpc) is 3.24. The van der Waals surface area contributed by atoms with Crippen molar-refractivity contribution in [3.63, 3.8) is 0 Å². The van der Waals surface area contributed by atoms with Gasteiger partial charge < -0.3 is 18.7 Å². The molecule has 1 aliphatic heterocycles. The number of morpholine rings is 1. The van der Waals surface area contributed by atoms with E-state index in [0.717, 1.165) is 5.56 Å². The molecule has 1 fully saturated rings. The molecule has 1 unspecified atom stereocenters.